The van der Waals surface area contributed by atoms with E-state index >= 15 is 0 Å². The van der Waals surface area contributed by atoms with E-state index in [1.54, 1.807) is 13.0 Å². The van der Waals surface area contributed by atoms with Crippen LogP contribution in [0.3, 0.4) is 0 Å². The first-order valence-electron chi connectivity index (χ1n) is 9.07. The van der Waals surface area contributed by atoms with Crippen molar-refractivity contribution < 1.29 is 61.6 Å². The molecule has 1 aliphatic rings. The van der Waals surface area contributed by atoms with Gasteiger partial charge in [-0.3, -0.25) is 0 Å². The maximum absolute atomic E-state index is 13.5. The number of fused-ring (bicyclic) bond motifs is 1. The Kier molecular flexibility index (Phi) is 9.28. The molecule has 1 N–H and O–H groups in total. The lowest BCUT2D eigenvalue weighted by atomic mass is 9.99. The van der Waals surface area contributed by atoms with E-state index in [2.05, 4.69) is 35.0 Å². The third-order valence-corrected chi connectivity index (χ3v) is 4.33. The van der Waals surface area contributed by atoms with Crippen molar-refractivity contribution in [3.05, 3.63) is 38.2 Å². The van der Waals surface area contributed by atoms with Gasteiger partial charge in [0.25, 0.3) is 0 Å². The number of halogens is 4. The molecule has 1 heterocycles. The highest BCUT2D eigenvalue weighted by Crippen LogP contribution is 2.40. The van der Waals surface area contributed by atoms with Gasteiger partial charge in [-0.05, 0) is 30.7 Å². The number of alkyl halides is 3. The summed E-state index contributed by atoms with van der Waals surface area (Å²) in [5.74, 6) is -1.42. The first kappa shape index (κ1) is 26.2. The molecule has 2 rings (SSSR count). The van der Waals surface area contributed by atoms with Crippen LogP contribution in [0.5, 0.6) is 5.75 Å². The zero-order valence-corrected chi connectivity index (χ0v) is 18.5. The largest absolute Gasteiger partial charge is 0.511 e. The Morgan fingerprint density at radius 2 is 1.85 bits per heavy atom. The Balaban J connectivity index is 1.85. The Bertz CT molecular complexity index is 921. The van der Waals surface area contributed by atoms with Crippen molar-refractivity contribution >= 4 is 34.1 Å². The van der Waals surface area contributed by atoms with Gasteiger partial charge < -0.3 is 23.7 Å². The van der Waals surface area contributed by atoms with Crippen LogP contribution in [0.2, 0.25) is 0 Å². The molecule has 0 radical (unpaired) electrons. The van der Waals surface area contributed by atoms with Crippen molar-refractivity contribution in [3.8, 4) is 5.75 Å². The third kappa shape index (κ3) is 8.09. The molecule has 1 atom stereocenters. The highest BCUT2D eigenvalue weighted by atomic mass is 79.9. The van der Waals surface area contributed by atoms with Crippen LogP contribution < -0.4 is 4.74 Å². The van der Waals surface area contributed by atoms with Gasteiger partial charge in [0.15, 0.2) is 6.61 Å². The Morgan fingerprint density at radius 1 is 1.15 bits per heavy atom. The number of carbonyl (C=O) groups is 2. The molecule has 0 unspecified atom stereocenters. The molecule has 33 heavy (non-hydrogen) atoms. The minimum atomic E-state index is -4.91. The van der Waals surface area contributed by atoms with E-state index < -0.39 is 41.9 Å². The van der Waals surface area contributed by atoms with Crippen LogP contribution in [0.15, 0.2) is 22.2 Å². The van der Waals surface area contributed by atoms with Crippen molar-refractivity contribution in [2.45, 2.75) is 19.2 Å². The van der Waals surface area contributed by atoms with Gasteiger partial charge in [0.1, 0.15) is 17.3 Å². The highest BCUT2D eigenvalue weighted by Gasteiger charge is 2.49. The van der Waals surface area contributed by atoms with E-state index in [4.69, 9.17) is 14.7 Å². The molecular formula is C18H18BrF3NO10+. The van der Waals surface area contributed by atoms with Gasteiger partial charge in [0.2, 0.25) is 12.9 Å². The molecule has 0 saturated carbocycles. The SMILES string of the molecule is Cc1cc(Br)cc2c1O[C@H](C(F)(F)F)C(C(=O)OCOC(=O)OCCOCCO[N+](=O)O)=C2. The van der Waals surface area contributed by atoms with Crippen LogP contribution in [0.25, 0.3) is 6.08 Å². The summed E-state index contributed by atoms with van der Waals surface area (Å²) in [4.78, 5) is 37.8. The summed E-state index contributed by atoms with van der Waals surface area (Å²) in [6.45, 7) is -0.191. The van der Waals surface area contributed by atoms with E-state index in [-0.39, 0.29) is 37.7 Å². The van der Waals surface area contributed by atoms with Crippen molar-refractivity contribution in [2.24, 2.45) is 0 Å². The smallest absolute Gasteiger partial charge is 0.475 e. The fourth-order valence-electron chi connectivity index (χ4n) is 2.57. The van der Waals surface area contributed by atoms with Crippen LogP contribution in [0.1, 0.15) is 11.1 Å². The molecule has 0 spiro atoms. The van der Waals surface area contributed by atoms with E-state index in [9.17, 15) is 27.7 Å². The lowest BCUT2D eigenvalue weighted by molar-refractivity contribution is -0.975. The predicted octanol–water partition coefficient (Wildman–Crippen LogP) is 3.23. The molecule has 1 aromatic carbocycles. The normalized spacial score (nSPS) is 14.9. The summed E-state index contributed by atoms with van der Waals surface area (Å²) >= 11 is 3.22. The monoisotopic (exact) mass is 544 g/mol. The number of ether oxygens (including phenoxy) is 5. The quantitative estimate of drug-likeness (QED) is 0.203. The second kappa shape index (κ2) is 11.7. The fraction of sp³-hybridized carbons (Fsp3) is 0.444. The highest BCUT2D eigenvalue weighted by molar-refractivity contribution is 9.10. The summed E-state index contributed by atoms with van der Waals surface area (Å²) in [5, 5.41) is 7.42. The van der Waals surface area contributed by atoms with Crippen molar-refractivity contribution in [1.29, 1.82) is 0 Å². The van der Waals surface area contributed by atoms with E-state index in [0.717, 1.165) is 6.08 Å². The van der Waals surface area contributed by atoms with E-state index in [1.807, 2.05) is 0 Å². The van der Waals surface area contributed by atoms with Gasteiger partial charge in [0, 0.05) is 10.0 Å². The fourth-order valence-corrected chi connectivity index (χ4v) is 3.16. The molecular weight excluding hydrogens is 527 g/mol. The van der Waals surface area contributed by atoms with Gasteiger partial charge in [-0.2, -0.15) is 18.0 Å². The second-order valence-electron chi connectivity index (χ2n) is 6.26. The zero-order chi connectivity index (χ0) is 24.6. The van der Waals surface area contributed by atoms with E-state index in [0.29, 0.717) is 10.0 Å². The van der Waals surface area contributed by atoms with Gasteiger partial charge in [-0.1, -0.05) is 15.9 Å². The molecule has 1 aliphatic heterocycles. The van der Waals surface area contributed by atoms with Gasteiger partial charge in [-0.15, -0.1) is 0 Å². The third-order valence-electron chi connectivity index (χ3n) is 3.87. The van der Waals surface area contributed by atoms with Crippen molar-refractivity contribution in [2.75, 3.05) is 33.2 Å². The predicted molar refractivity (Wildman–Crippen MR) is 103 cm³/mol. The van der Waals surface area contributed by atoms with Crippen LogP contribution in [0, 0.1) is 11.8 Å². The molecule has 0 aromatic heterocycles. The first-order valence-corrected chi connectivity index (χ1v) is 9.87. The average molecular weight is 545 g/mol. The molecule has 0 amide bonds. The Hall–Kier alpha value is -3.07. The number of hydrogen-bond donors (Lipinski definition) is 1. The maximum atomic E-state index is 13.5. The van der Waals surface area contributed by atoms with Gasteiger partial charge >= 0.3 is 23.4 Å². The molecule has 0 fully saturated rings. The number of esters is 1. The summed E-state index contributed by atoms with van der Waals surface area (Å²) in [7, 11) is 0. The molecule has 0 saturated heterocycles. The van der Waals surface area contributed by atoms with Gasteiger partial charge in [-0.25, -0.2) is 14.8 Å². The maximum Gasteiger partial charge on any atom is 0.511 e. The summed E-state index contributed by atoms with van der Waals surface area (Å²) in [5.41, 5.74) is -0.151. The number of aryl methyl sites for hydroxylation is 1. The Labute approximate surface area is 192 Å². The number of carbonyl (C=O) groups excluding carboxylic acids is 2. The average Bonchev–Trinajstić information content (AvgIpc) is 2.71. The standard InChI is InChI=1S/C18H18BrF3NO10/c1-10-6-12(19)7-11-8-13(15(18(20,21)22)33-14(10)11)16(24)30-9-31-17(25)29-4-2-28-3-5-32-23(26)27/h6-8,15H,2-5,9H2,1H3,(H,26,27)/q+1/t15-/m0/s1. The van der Waals surface area contributed by atoms with Crippen LogP contribution >= 0.6 is 15.9 Å². The van der Waals surface area contributed by atoms with Crippen molar-refractivity contribution in [3.63, 3.8) is 0 Å². The summed E-state index contributed by atoms with van der Waals surface area (Å²) in [6.07, 6.45) is -7.74. The number of benzene rings is 1. The summed E-state index contributed by atoms with van der Waals surface area (Å²) in [6, 6.07) is 3.04. The van der Waals surface area contributed by atoms with E-state index in [1.165, 1.54) is 6.07 Å². The number of rotatable bonds is 10. The number of hydrogen-bond acceptors (Lipinski definition) is 9. The Morgan fingerprint density at radius 3 is 2.52 bits per heavy atom. The van der Waals surface area contributed by atoms with Crippen molar-refractivity contribution in [1.82, 2.24) is 0 Å². The molecule has 182 valence electrons. The molecule has 11 nitrogen and oxygen atoms in total. The minimum absolute atomic E-state index is 0.0209. The second-order valence-corrected chi connectivity index (χ2v) is 7.17. The zero-order valence-electron chi connectivity index (χ0n) is 16.9. The molecule has 0 bridgehead atoms. The summed E-state index contributed by atoms with van der Waals surface area (Å²) < 4.78 is 64.5. The van der Waals surface area contributed by atoms with Crippen LogP contribution in [-0.4, -0.2) is 67.9 Å². The van der Waals surface area contributed by atoms with Crippen LogP contribution in [0.4, 0.5) is 18.0 Å². The molecule has 1 aromatic rings. The lowest BCUT2D eigenvalue weighted by Gasteiger charge is -2.28. The lowest BCUT2D eigenvalue weighted by Crippen LogP contribution is -2.41. The molecule has 0 aliphatic carbocycles. The number of nitrogens with zero attached hydrogens (tertiary/aromatic N) is 1. The molecule has 15 heteroatoms. The first-order chi connectivity index (χ1) is 15.5. The van der Waals surface area contributed by atoms with Crippen LogP contribution in [-0.2, 0) is 28.6 Å². The van der Waals surface area contributed by atoms with Gasteiger partial charge in [0.05, 0.1) is 18.8 Å². The topological polar surface area (TPSA) is 130 Å². The minimum Gasteiger partial charge on any atom is -0.475 e.